The number of rotatable bonds is 4. The Morgan fingerprint density at radius 2 is 2.24 bits per heavy atom. The van der Waals surface area contributed by atoms with Gasteiger partial charge in [-0.15, -0.1) is 11.3 Å². The van der Waals surface area contributed by atoms with Gasteiger partial charge >= 0.3 is 0 Å². The van der Waals surface area contributed by atoms with Gasteiger partial charge in [-0.25, -0.2) is 4.39 Å². The minimum atomic E-state index is -0.303. The first-order valence-corrected chi connectivity index (χ1v) is 6.37. The van der Waals surface area contributed by atoms with E-state index in [4.69, 9.17) is 5.73 Å². The molecule has 0 saturated heterocycles. The first-order chi connectivity index (χ1) is 8.15. The third-order valence-corrected chi connectivity index (χ3v) is 3.38. The summed E-state index contributed by atoms with van der Waals surface area (Å²) in [5.74, 6) is -0.303. The van der Waals surface area contributed by atoms with E-state index in [9.17, 15) is 4.39 Å². The van der Waals surface area contributed by atoms with E-state index in [2.05, 4.69) is 11.4 Å². The zero-order valence-electron chi connectivity index (χ0n) is 9.61. The van der Waals surface area contributed by atoms with Gasteiger partial charge in [-0.05, 0) is 36.6 Å². The minimum absolute atomic E-state index is 0.187. The number of nitrogens with two attached hydrogens (primary N) is 1. The van der Waals surface area contributed by atoms with Crippen molar-refractivity contribution in [3.05, 3.63) is 46.4 Å². The summed E-state index contributed by atoms with van der Waals surface area (Å²) in [4.78, 5) is 1.29. The van der Waals surface area contributed by atoms with Crippen molar-refractivity contribution in [2.45, 2.75) is 19.4 Å². The van der Waals surface area contributed by atoms with Crippen LogP contribution in [0.2, 0.25) is 0 Å². The van der Waals surface area contributed by atoms with Crippen LogP contribution in [0.4, 0.5) is 15.8 Å². The highest BCUT2D eigenvalue weighted by atomic mass is 32.1. The second-order valence-electron chi connectivity index (χ2n) is 4.07. The maximum atomic E-state index is 13.5. The average molecular weight is 250 g/mol. The molecule has 3 N–H and O–H groups in total. The van der Waals surface area contributed by atoms with Gasteiger partial charge in [0.05, 0.1) is 5.69 Å². The number of hydrogen-bond acceptors (Lipinski definition) is 3. The maximum Gasteiger partial charge on any atom is 0.148 e. The average Bonchev–Trinajstić information content (AvgIpc) is 2.75. The molecule has 0 spiro atoms. The van der Waals surface area contributed by atoms with Crippen molar-refractivity contribution in [3.8, 4) is 0 Å². The summed E-state index contributed by atoms with van der Waals surface area (Å²) in [6.07, 6.45) is 0.890. The van der Waals surface area contributed by atoms with Gasteiger partial charge in [0.25, 0.3) is 0 Å². The highest BCUT2D eigenvalue weighted by molar-refractivity contribution is 7.09. The second kappa shape index (κ2) is 5.19. The lowest BCUT2D eigenvalue weighted by Crippen LogP contribution is -2.18. The molecule has 0 aliphatic rings. The van der Waals surface area contributed by atoms with Crippen LogP contribution in [-0.2, 0) is 6.42 Å². The summed E-state index contributed by atoms with van der Waals surface area (Å²) in [5, 5.41) is 5.20. The van der Waals surface area contributed by atoms with Crippen molar-refractivity contribution in [2.24, 2.45) is 0 Å². The standard InChI is InChI=1S/C13H15FN2S/c1-9(7-11-3-2-6-17-11)16-13-5-4-10(15)8-12(13)14/h2-6,8-9,16H,7,15H2,1H3. The zero-order valence-corrected chi connectivity index (χ0v) is 10.4. The fraction of sp³-hybridized carbons (Fsp3) is 0.231. The van der Waals surface area contributed by atoms with Crippen LogP contribution in [-0.4, -0.2) is 6.04 Å². The van der Waals surface area contributed by atoms with E-state index >= 15 is 0 Å². The van der Waals surface area contributed by atoms with Crippen LogP contribution in [0.1, 0.15) is 11.8 Å². The zero-order chi connectivity index (χ0) is 12.3. The van der Waals surface area contributed by atoms with Gasteiger partial charge < -0.3 is 11.1 Å². The van der Waals surface area contributed by atoms with Crippen LogP contribution in [0.25, 0.3) is 0 Å². The SMILES string of the molecule is CC(Cc1cccs1)Nc1ccc(N)cc1F. The third-order valence-electron chi connectivity index (χ3n) is 2.48. The molecule has 0 saturated carbocycles. The molecule has 1 heterocycles. The van der Waals surface area contributed by atoms with Crippen LogP contribution >= 0.6 is 11.3 Å². The van der Waals surface area contributed by atoms with Gasteiger partial charge in [-0.3, -0.25) is 0 Å². The van der Waals surface area contributed by atoms with Crippen LogP contribution < -0.4 is 11.1 Å². The Bertz CT molecular complexity index is 482. The van der Waals surface area contributed by atoms with Crippen molar-refractivity contribution in [2.75, 3.05) is 11.1 Å². The quantitative estimate of drug-likeness (QED) is 0.815. The predicted molar refractivity (Wildman–Crippen MR) is 71.9 cm³/mol. The molecule has 1 aromatic heterocycles. The monoisotopic (exact) mass is 250 g/mol. The number of thiophene rings is 1. The molecule has 4 heteroatoms. The molecule has 1 atom stereocenters. The van der Waals surface area contributed by atoms with E-state index in [1.165, 1.54) is 10.9 Å². The van der Waals surface area contributed by atoms with E-state index in [0.717, 1.165) is 6.42 Å². The number of hydrogen-bond donors (Lipinski definition) is 2. The summed E-state index contributed by atoms with van der Waals surface area (Å²) >= 11 is 1.71. The van der Waals surface area contributed by atoms with Crippen molar-refractivity contribution in [3.63, 3.8) is 0 Å². The van der Waals surface area contributed by atoms with Gasteiger partial charge in [0.2, 0.25) is 0 Å². The highest BCUT2D eigenvalue weighted by Crippen LogP contribution is 2.19. The van der Waals surface area contributed by atoms with E-state index in [1.807, 2.05) is 18.4 Å². The lowest BCUT2D eigenvalue weighted by molar-refractivity contribution is 0.626. The number of nitrogens with one attached hydrogen (secondary N) is 1. The van der Waals surface area contributed by atoms with Crippen molar-refractivity contribution >= 4 is 22.7 Å². The molecular formula is C13H15FN2S. The Morgan fingerprint density at radius 1 is 1.41 bits per heavy atom. The fourth-order valence-electron chi connectivity index (χ4n) is 1.70. The highest BCUT2D eigenvalue weighted by Gasteiger charge is 2.07. The molecule has 0 fully saturated rings. The Kier molecular flexibility index (Phi) is 3.64. The van der Waals surface area contributed by atoms with E-state index in [1.54, 1.807) is 23.5 Å². The molecule has 17 heavy (non-hydrogen) atoms. The third kappa shape index (κ3) is 3.20. The lowest BCUT2D eigenvalue weighted by atomic mass is 10.2. The Balaban J connectivity index is 2.00. The Hall–Kier alpha value is -1.55. The van der Waals surface area contributed by atoms with Crippen molar-refractivity contribution in [1.82, 2.24) is 0 Å². The summed E-state index contributed by atoms with van der Waals surface area (Å²) < 4.78 is 13.5. The van der Waals surface area contributed by atoms with Gasteiger partial charge in [0.15, 0.2) is 0 Å². The summed E-state index contributed by atoms with van der Waals surface area (Å²) in [5.41, 5.74) is 6.45. The molecule has 2 rings (SSSR count). The molecule has 0 bridgehead atoms. The normalized spacial score (nSPS) is 12.4. The lowest BCUT2D eigenvalue weighted by Gasteiger charge is -2.15. The summed E-state index contributed by atoms with van der Waals surface area (Å²) in [6.45, 7) is 2.04. The molecular weight excluding hydrogens is 235 g/mol. The van der Waals surface area contributed by atoms with Gasteiger partial charge in [-0.1, -0.05) is 6.07 Å². The summed E-state index contributed by atoms with van der Waals surface area (Å²) in [6, 6.07) is 9.00. The molecule has 1 unspecified atom stereocenters. The van der Waals surface area contributed by atoms with Gasteiger partial charge in [-0.2, -0.15) is 0 Å². The van der Waals surface area contributed by atoms with Crippen molar-refractivity contribution in [1.29, 1.82) is 0 Å². The number of anilines is 2. The van der Waals surface area contributed by atoms with Crippen LogP contribution in [0.3, 0.4) is 0 Å². The second-order valence-corrected chi connectivity index (χ2v) is 5.10. The van der Waals surface area contributed by atoms with Crippen LogP contribution in [0.15, 0.2) is 35.7 Å². The Labute approximate surface area is 104 Å². The van der Waals surface area contributed by atoms with Crippen molar-refractivity contribution < 1.29 is 4.39 Å². The molecule has 2 nitrogen and oxygen atoms in total. The maximum absolute atomic E-state index is 13.5. The first-order valence-electron chi connectivity index (χ1n) is 5.49. The largest absolute Gasteiger partial charge is 0.399 e. The van der Waals surface area contributed by atoms with Crippen LogP contribution in [0.5, 0.6) is 0 Å². The summed E-state index contributed by atoms with van der Waals surface area (Å²) in [7, 11) is 0. The van der Waals surface area contributed by atoms with E-state index in [0.29, 0.717) is 11.4 Å². The molecule has 0 amide bonds. The number of halogens is 1. The number of benzene rings is 1. The smallest absolute Gasteiger partial charge is 0.148 e. The van der Waals surface area contributed by atoms with Crippen LogP contribution in [0, 0.1) is 5.82 Å². The molecule has 90 valence electrons. The first kappa shape index (κ1) is 11.9. The van der Waals surface area contributed by atoms with Gasteiger partial charge in [0.1, 0.15) is 5.82 Å². The van der Waals surface area contributed by atoms with E-state index in [-0.39, 0.29) is 11.9 Å². The predicted octanol–water partition coefficient (Wildman–Crippen LogP) is 3.51. The molecule has 0 aliphatic heterocycles. The fourth-order valence-corrected chi connectivity index (χ4v) is 2.53. The molecule has 1 aromatic carbocycles. The van der Waals surface area contributed by atoms with E-state index < -0.39 is 0 Å². The Morgan fingerprint density at radius 3 is 2.88 bits per heavy atom. The van der Waals surface area contributed by atoms with Gasteiger partial charge in [0, 0.05) is 23.0 Å². The topological polar surface area (TPSA) is 38.0 Å². The number of nitrogen functional groups attached to an aromatic ring is 1. The minimum Gasteiger partial charge on any atom is -0.399 e. The molecule has 2 aromatic rings. The molecule has 0 aliphatic carbocycles. The molecule has 0 radical (unpaired) electrons.